The smallest absolute Gasteiger partial charge is 0.255 e. The van der Waals surface area contributed by atoms with E-state index in [1.54, 1.807) is 12.1 Å². The van der Waals surface area contributed by atoms with E-state index in [1.807, 2.05) is 12.1 Å². The Labute approximate surface area is 247 Å². The van der Waals surface area contributed by atoms with Crippen LogP contribution >= 0.6 is 22.6 Å². The van der Waals surface area contributed by atoms with Crippen LogP contribution in [0.1, 0.15) is 31.1 Å². The highest BCUT2D eigenvalue weighted by atomic mass is 127. The van der Waals surface area contributed by atoms with Crippen molar-refractivity contribution in [1.82, 2.24) is 10.6 Å². The van der Waals surface area contributed by atoms with Crippen LogP contribution in [0.3, 0.4) is 0 Å². The summed E-state index contributed by atoms with van der Waals surface area (Å²) >= 11 is 2.15. The molecule has 0 fully saturated rings. The molecule has 0 radical (unpaired) electrons. The van der Waals surface area contributed by atoms with Crippen molar-refractivity contribution in [1.29, 1.82) is 0 Å². The van der Waals surface area contributed by atoms with Gasteiger partial charge in [-0.3, -0.25) is 14.4 Å². The summed E-state index contributed by atoms with van der Waals surface area (Å²) in [5.41, 5.74) is 11.9. The summed E-state index contributed by atoms with van der Waals surface area (Å²) in [6.07, 6.45) is 0. The van der Waals surface area contributed by atoms with Crippen molar-refractivity contribution < 1.29 is 33.3 Å². The van der Waals surface area contributed by atoms with Crippen LogP contribution in [-0.2, 0) is 18.9 Å². The van der Waals surface area contributed by atoms with Crippen molar-refractivity contribution in [2.75, 3.05) is 84.4 Å². The Morgan fingerprint density at radius 2 is 1.05 bits per heavy atom. The third-order valence-corrected chi connectivity index (χ3v) is 5.87. The highest BCUT2D eigenvalue weighted by Gasteiger charge is 2.15. The van der Waals surface area contributed by atoms with Gasteiger partial charge in [0.25, 0.3) is 17.7 Å². The average Bonchev–Trinajstić information content (AvgIpc) is 2.95. The zero-order valence-corrected chi connectivity index (χ0v) is 24.6. The number of ether oxygens (including phenoxy) is 4. The van der Waals surface area contributed by atoms with Crippen molar-refractivity contribution >= 4 is 46.0 Å². The zero-order valence-electron chi connectivity index (χ0n) is 22.4. The molecule has 3 amide bonds. The molecule has 12 nitrogen and oxygen atoms in total. The number of rotatable bonds is 20. The van der Waals surface area contributed by atoms with Gasteiger partial charge in [0.05, 0.1) is 52.9 Å². The van der Waals surface area contributed by atoms with E-state index < -0.39 is 11.8 Å². The summed E-state index contributed by atoms with van der Waals surface area (Å²) in [4.78, 5) is 38.5. The molecule has 0 unspecified atom stereocenters. The summed E-state index contributed by atoms with van der Waals surface area (Å²) in [5.74, 6) is -1.19. The monoisotopic (exact) mass is 671 g/mol. The van der Waals surface area contributed by atoms with E-state index in [1.165, 1.54) is 18.2 Å². The molecule has 2 aromatic rings. The van der Waals surface area contributed by atoms with E-state index >= 15 is 0 Å². The van der Waals surface area contributed by atoms with Gasteiger partial charge in [-0.05, 0) is 65.1 Å². The molecule has 40 heavy (non-hydrogen) atoms. The molecule has 0 atom stereocenters. The Bertz CT molecular complexity index is 1010. The predicted molar refractivity (Wildman–Crippen MR) is 160 cm³/mol. The Balaban J connectivity index is 1.99. The van der Waals surface area contributed by atoms with E-state index in [4.69, 9.17) is 30.4 Å². The first-order chi connectivity index (χ1) is 19.4. The maximum Gasteiger partial charge on any atom is 0.255 e. The van der Waals surface area contributed by atoms with Crippen LogP contribution in [0.25, 0.3) is 0 Å². The molecular weight excluding hydrogens is 633 g/mol. The number of carbonyl (C=O) groups is 3. The molecule has 0 saturated heterocycles. The first-order valence-electron chi connectivity index (χ1n) is 12.9. The van der Waals surface area contributed by atoms with E-state index in [2.05, 4.69) is 38.5 Å². The van der Waals surface area contributed by atoms with Gasteiger partial charge in [-0.1, -0.05) is 0 Å². The highest BCUT2D eigenvalue weighted by Crippen LogP contribution is 2.17. The number of carbonyl (C=O) groups excluding carboxylic acids is 3. The lowest BCUT2D eigenvalue weighted by atomic mass is 10.1. The summed E-state index contributed by atoms with van der Waals surface area (Å²) in [6.45, 7) is 4.47. The topological polar surface area (TPSA) is 176 Å². The van der Waals surface area contributed by atoms with Gasteiger partial charge in [0.2, 0.25) is 0 Å². The number of nitrogens with one attached hydrogen (secondary N) is 3. The minimum absolute atomic E-state index is 0.213. The Hall–Kier alpha value is -2.66. The van der Waals surface area contributed by atoms with Gasteiger partial charge in [-0.2, -0.15) is 0 Å². The summed E-state index contributed by atoms with van der Waals surface area (Å²) in [7, 11) is 0. The van der Waals surface area contributed by atoms with Gasteiger partial charge in [-0.15, -0.1) is 0 Å². The number of nitrogens with two attached hydrogens (primary N) is 2. The van der Waals surface area contributed by atoms with Crippen molar-refractivity contribution in [2.24, 2.45) is 11.5 Å². The maximum atomic E-state index is 12.9. The highest BCUT2D eigenvalue weighted by molar-refractivity contribution is 14.1. The number of hydrogen-bond donors (Lipinski definition) is 5. The molecule has 0 aliphatic rings. The van der Waals surface area contributed by atoms with Gasteiger partial charge in [0.15, 0.2) is 0 Å². The Morgan fingerprint density at radius 3 is 1.50 bits per heavy atom. The summed E-state index contributed by atoms with van der Waals surface area (Å²) in [6, 6.07) is 11.5. The molecule has 0 saturated carbocycles. The van der Waals surface area contributed by atoms with Gasteiger partial charge < -0.3 is 46.4 Å². The number of halogens is 1. The number of anilines is 1. The number of hydrogen-bond acceptors (Lipinski definition) is 9. The standard InChI is InChI=1S/C27H38IN5O7/c28-23-3-1-20(2-4-23)27(36)33-24-18-21(25(34)31-7-11-39-15-13-37-9-5-29)17-22(19-24)26(35)32-8-12-40-16-14-38-10-6-30/h1-4,17-19H,5-16,29-30H2,(H,31,34)(H,32,35)(H,33,36). The molecular formula is C27H38IN5O7. The first kappa shape index (κ1) is 33.5. The van der Waals surface area contributed by atoms with Crippen molar-refractivity contribution in [2.45, 2.75) is 0 Å². The van der Waals surface area contributed by atoms with E-state index in [-0.39, 0.29) is 43.3 Å². The molecule has 2 aromatic carbocycles. The van der Waals surface area contributed by atoms with Crippen LogP contribution in [0.4, 0.5) is 5.69 Å². The Morgan fingerprint density at radius 1 is 0.600 bits per heavy atom. The molecule has 7 N–H and O–H groups in total. The number of amides is 3. The molecule has 220 valence electrons. The van der Waals surface area contributed by atoms with Crippen LogP contribution in [0.5, 0.6) is 0 Å². The maximum absolute atomic E-state index is 12.9. The van der Waals surface area contributed by atoms with E-state index in [0.717, 1.165) is 3.57 Å². The minimum atomic E-state index is -0.414. The molecule has 2 rings (SSSR count). The first-order valence-corrected chi connectivity index (χ1v) is 14.0. The van der Waals surface area contributed by atoms with Gasteiger partial charge in [0.1, 0.15) is 0 Å². The molecule has 0 aromatic heterocycles. The van der Waals surface area contributed by atoms with Crippen LogP contribution in [0, 0.1) is 3.57 Å². The molecule has 13 heteroatoms. The third-order valence-electron chi connectivity index (χ3n) is 5.15. The fourth-order valence-corrected chi connectivity index (χ4v) is 3.61. The van der Waals surface area contributed by atoms with Crippen molar-refractivity contribution in [3.63, 3.8) is 0 Å². The fourth-order valence-electron chi connectivity index (χ4n) is 3.25. The van der Waals surface area contributed by atoms with Crippen molar-refractivity contribution in [3.8, 4) is 0 Å². The third kappa shape index (κ3) is 13.6. The Kier molecular flexibility index (Phi) is 17.0. The lowest BCUT2D eigenvalue weighted by molar-refractivity contribution is 0.0511. The molecule has 0 heterocycles. The van der Waals surface area contributed by atoms with E-state index in [9.17, 15) is 14.4 Å². The zero-order chi connectivity index (χ0) is 29.0. The lowest BCUT2D eigenvalue weighted by Gasteiger charge is -2.12. The fraction of sp³-hybridized carbons (Fsp3) is 0.444. The molecule has 0 aliphatic carbocycles. The molecule has 0 bridgehead atoms. The van der Waals surface area contributed by atoms with Gasteiger partial charge in [-0.25, -0.2) is 0 Å². The van der Waals surface area contributed by atoms with E-state index in [0.29, 0.717) is 64.0 Å². The van der Waals surface area contributed by atoms with Crippen LogP contribution in [0.15, 0.2) is 42.5 Å². The predicted octanol–water partition coefficient (Wildman–Crippen LogP) is 0.987. The molecule has 0 aliphatic heterocycles. The van der Waals surface area contributed by atoms with Crippen LogP contribution in [-0.4, -0.2) is 96.8 Å². The van der Waals surface area contributed by atoms with Crippen LogP contribution < -0.4 is 27.4 Å². The summed E-state index contributed by atoms with van der Waals surface area (Å²) < 4.78 is 22.3. The summed E-state index contributed by atoms with van der Waals surface area (Å²) in [5, 5.41) is 8.29. The second kappa shape index (κ2) is 20.3. The average molecular weight is 672 g/mol. The van der Waals surface area contributed by atoms with Gasteiger partial charge in [0, 0.05) is 52.1 Å². The van der Waals surface area contributed by atoms with Gasteiger partial charge >= 0.3 is 0 Å². The van der Waals surface area contributed by atoms with Crippen LogP contribution in [0.2, 0.25) is 0 Å². The normalized spacial score (nSPS) is 10.8. The largest absolute Gasteiger partial charge is 0.378 e. The second-order valence-electron chi connectivity index (χ2n) is 8.30. The quantitative estimate of drug-likeness (QED) is 0.102. The molecule has 0 spiro atoms. The minimum Gasteiger partial charge on any atom is -0.378 e. The lowest BCUT2D eigenvalue weighted by Crippen LogP contribution is -2.30. The second-order valence-corrected chi connectivity index (χ2v) is 9.54. The SMILES string of the molecule is NCCOCCOCCNC(=O)c1cc(NC(=O)c2ccc(I)cc2)cc(C(=O)NCCOCCOCCN)c1. The number of benzene rings is 2. The van der Waals surface area contributed by atoms with Crippen molar-refractivity contribution in [3.05, 3.63) is 62.7 Å².